The van der Waals surface area contributed by atoms with Crippen LogP contribution >= 0.6 is 0 Å². The summed E-state index contributed by atoms with van der Waals surface area (Å²) in [4.78, 5) is 75.4. The number of nitrogens with one attached hydrogen (secondary N) is 2. The predicted molar refractivity (Wildman–Crippen MR) is 194 cm³/mol. The normalized spacial score (nSPS) is 25.5. The number of hydrogen-bond acceptors (Lipinski definition) is 10. The summed E-state index contributed by atoms with van der Waals surface area (Å²) < 4.78 is 17.4. The fourth-order valence-corrected chi connectivity index (χ4v) is 7.59. The molecule has 4 aromatic rings. The lowest BCUT2D eigenvalue weighted by Gasteiger charge is -2.30. The second kappa shape index (κ2) is 14.2. The van der Waals surface area contributed by atoms with Crippen LogP contribution in [0.2, 0.25) is 0 Å². The third kappa shape index (κ3) is 7.60. The second-order valence-electron chi connectivity index (χ2n) is 15.5. The first kappa shape index (κ1) is 36.0. The standard InChI is InChI=1S/C40H45N5O8/c1-23-18-32(44-53-23)34(47)41-31-17-7-5-6-12-25(46)19-24-21-40(24,38(50)52-39(2,3)4)43-35(48)33-20-26(22-45(33)37(31)49)51-36-29-15-9-8-13-27(29)28-14-10-11-16-30(28)42-36/h8-11,13-16,18,24,26,31,33H,5-7,12,17,19-22H2,1-4H3,(H,41,47)(H,43,48). The number of carbonyl (C=O) groups excluding carboxylic acids is 5. The van der Waals surface area contributed by atoms with Crippen molar-refractivity contribution in [2.24, 2.45) is 5.92 Å². The number of rotatable bonds is 5. The Bertz CT molecular complexity index is 2090. The maximum absolute atomic E-state index is 14.6. The number of ether oxygens (including phenoxy) is 2. The Kier molecular flexibility index (Phi) is 9.69. The zero-order valence-electron chi connectivity index (χ0n) is 30.5. The van der Waals surface area contributed by atoms with E-state index in [2.05, 4.69) is 15.8 Å². The minimum absolute atomic E-state index is 0.00189. The first-order chi connectivity index (χ1) is 25.3. The minimum atomic E-state index is -1.40. The molecule has 7 rings (SSSR count). The molecule has 3 amide bonds. The monoisotopic (exact) mass is 723 g/mol. The van der Waals surface area contributed by atoms with Gasteiger partial charge < -0.3 is 29.5 Å². The first-order valence-corrected chi connectivity index (χ1v) is 18.4. The molecule has 3 fully saturated rings. The van der Waals surface area contributed by atoms with Crippen molar-refractivity contribution < 1.29 is 38.0 Å². The van der Waals surface area contributed by atoms with E-state index in [1.54, 1.807) is 27.7 Å². The molecule has 1 saturated carbocycles. The maximum atomic E-state index is 14.6. The summed E-state index contributed by atoms with van der Waals surface area (Å²) in [5.41, 5.74) is -1.46. The van der Waals surface area contributed by atoms with Crippen molar-refractivity contribution in [3.05, 3.63) is 66.1 Å². The third-order valence-electron chi connectivity index (χ3n) is 10.3. The number of hydrogen-bond donors (Lipinski definition) is 2. The highest BCUT2D eigenvalue weighted by atomic mass is 16.6. The fraction of sp³-hybridized carbons (Fsp3) is 0.475. The van der Waals surface area contributed by atoms with Gasteiger partial charge in [0.25, 0.3) is 5.91 Å². The molecule has 278 valence electrons. The Morgan fingerprint density at radius 1 is 1.00 bits per heavy atom. The van der Waals surface area contributed by atoms with Crippen molar-refractivity contribution in [3.63, 3.8) is 0 Å². The second-order valence-corrected chi connectivity index (χ2v) is 15.5. The largest absolute Gasteiger partial charge is 0.472 e. The number of pyridine rings is 1. The van der Waals surface area contributed by atoms with Crippen LogP contribution in [0.25, 0.3) is 21.7 Å². The lowest BCUT2D eigenvalue weighted by Crippen LogP contribution is -2.57. The molecule has 2 N–H and O–H groups in total. The van der Waals surface area contributed by atoms with E-state index < -0.39 is 58.9 Å². The maximum Gasteiger partial charge on any atom is 0.332 e. The zero-order chi connectivity index (χ0) is 37.5. The molecule has 2 aromatic heterocycles. The van der Waals surface area contributed by atoms with Crippen LogP contribution in [-0.4, -0.2) is 80.4 Å². The summed E-state index contributed by atoms with van der Waals surface area (Å²) in [6.07, 6.45) is 2.18. The smallest absolute Gasteiger partial charge is 0.332 e. The Balaban J connectivity index is 1.23. The van der Waals surface area contributed by atoms with E-state index in [9.17, 15) is 24.0 Å². The van der Waals surface area contributed by atoms with Crippen LogP contribution in [0.3, 0.4) is 0 Å². The molecule has 4 heterocycles. The van der Waals surface area contributed by atoms with Crippen LogP contribution in [0.15, 0.2) is 59.1 Å². The predicted octanol–water partition coefficient (Wildman–Crippen LogP) is 4.97. The van der Waals surface area contributed by atoms with E-state index >= 15 is 0 Å². The van der Waals surface area contributed by atoms with Crippen molar-refractivity contribution in [1.82, 2.24) is 25.7 Å². The summed E-state index contributed by atoms with van der Waals surface area (Å²) in [5.74, 6) is -1.84. The SMILES string of the molecule is Cc1cc(C(=O)NC2CCCCCC(=O)CC3CC3(C(=O)OC(C)(C)C)NC(=O)C3CC(Oc4nc5ccccc5c5ccccc45)CN3C2=O)no1. The van der Waals surface area contributed by atoms with Crippen LogP contribution in [-0.2, 0) is 23.9 Å². The first-order valence-electron chi connectivity index (χ1n) is 18.4. The molecule has 1 aliphatic carbocycles. The molecular weight excluding hydrogens is 678 g/mol. The van der Waals surface area contributed by atoms with E-state index in [0.717, 1.165) is 21.7 Å². The third-order valence-corrected chi connectivity index (χ3v) is 10.3. The van der Waals surface area contributed by atoms with Gasteiger partial charge in [0, 0.05) is 42.0 Å². The molecule has 2 aliphatic heterocycles. The molecule has 13 heteroatoms. The van der Waals surface area contributed by atoms with Gasteiger partial charge >= 0.3 is 5.97 Å². The van der Waals surface area contributed by atoms with Crippen LogP contribution in [0, 0.1) is 12.8 Å². The van der Waals surface area contributed by atoms with Gasteiger partial charge in [0.1, 0.15) is 40.9 Å². The van der Waals surface area contributed by atoms with Crippen molar-refractivity contribution in [2.45, 2.75) is 108 Å². The van der Waals surface area contributed by atoms with Crippen molar-refractivity contribution in [2.75, 3.05) is 6.54 Å². The average Bonchev–Trinajstić information content (AvgIpc) is 3.39. The summed E-state index contributed by atoms with van der Waals surface area (Å²) in [6.45, 7) is 6.93. The highest BCUT2D eigenvalue weighted by Gasteiger charge is 2.64. The summed E-state index contributed by atoms with van der Waals surface area (Å²) in [5, 5.41) is 12.3. The topological polar surface area (TPSA) is 170 Å². The number of para-hydroxylation sites is 1. The van der Waals surface area contributed by atoms with E-state index in [0.29, 0.717) is 37.3 Å². The highest BCUT2D eigenvalue weighted by Crippen LogP contribution is 2.48. The van der Waals surface area contributed by atoms with Gasteiger partial charge in [-0.15, -0.1) is 0 Å². The van der Waals surface area contributed by atoms with Gasteiger partial charge in [0.2, 0.25) is 17.7 Å². The molecule has 0 spiro atoms. The quantitative estimate of drug-likeness (QED) is 0.212. The average molecular weight is 724 g/mol. The van der Waals surface area contributed by atoms with Gasteiger partial charge in [-0.1, -0.05) is 54.4 Å². The number of carbonyl (C=O) groups is 5. The van der Waals surface area contributed by atoms with Crippen LogP contribution in [0.1, 0.15) is 88.4 Å². The number of aryl methyl sites for hydroxylation is 1. The number of benzene rings is 2. The molecule has 2 aromatic carbocycles. The minimum Gasteiger partial charge on any atom is -0.472 e. The van der Waals surface area contributed by atoms with E-state index in [1.165, 1.54) is 11.0 Å². The van der Waals surface area contributed by atoms with Gasteiger partial charge in [-0.2, -0.15) is 0 Å². The van der Waals surface area contributed by atoms with E-state index in [-0.39, 0.29) is 43.7 Å². The van der Waals surface area contributed by atoms with E-state index in [4.69, 9.17) is 19.0 Å². The number of nitrogens with zero attached hydrogens (tertiary/aromatic N) is 3. The Labute approximate surface area is 307 Å². The Morgan fingerprint density at radius 2 is 1.74 bits per heavy atom. The van der Waals surface area contributed by atoms with Crippen molar-refractivity contribution in [1.29, 1.82) is 0 Å². The summed E-state index contributed by atoms with van der Waals surface area (Å²) in [7, 11) is 0. The number of ketones is 1. The van der Waals surface area contributed by atoms with Gasteiger partial charge in [0.05, 0.1) is 12.1 Å². The zero-order valence-corrected chi connectivity index (χ0v) is 30.5. The molecule has 0 bridgehead atoms. The summed E-state index contributed by atoms with van der Waals surface area (Å²) >= 11 is 0. The van der Waals surface area contributed by atoms with Gasteiger partial charge in [-0.3, -0.25) is 19.2 Å². The molecule has 2 saturated heterocycles. The molecular formula is C40H45N5O8. The number of aromatic nitrogens is 2. The number of amides is 3. The van der Waals surface area contributed by atoms with Crippen LogP contribution in [0.4, 0.5) is 0 Å². The number of fused-ring (bicyclic) bond motifs is 5. The van der Waals surface area contributed by atoms with Gasteiger partial charge in [0.15, 0.2) is 5.69 Å². The van der Waals surface area contributed by atoms with E-state index in [1.807, 2.05) is 48.5 Å². The number of esters is 1. The molecule has 3 aliphatic rings. The lowest BCUT2D eigenvalue weighted by molar-refractivity contribution is -0.161. The molecule has 13 nitrogen and oxygen atoms in total. The van der Waals surface area contributed by atoms with Crippen LogP contribution in [0.5, 0.6) is 5.88 Å². The molecule has 5 unspecified atom stereocenters. The highest BCUT2D eigenvalue weighted by molar-refractivity contribution is 6.07. The fourth-order valence-electron chi connectivity index (χ4n) is 7.59. The molecule has 53 heavy (non-hydrogen) atoms. The van der Waals surface area contributed by atoms with Crippen molar-refractivity contribution >= 4 is 51.1 Å². The number of Topliss-reactive ketones (excluding diaryl/α,β-unsaturated/α-hetero) is 1. The van der Waals surface area contributed by atoms with Crippen LogP contribution < -0.4 is 15.4 Å². The molecule has 0 radical (unpaired) electrons. The Hall–Kier alpha value is -5.33. The Morgan fingerprint density at radius 3 is 2.47 bits per heavy atom. The van der Waals surface area contributed by atoms with Gasteiger partial charge in [-0.05, 0) is 64.5 Å². The van der Waals surface area contributed by atoms with Gasteiger partial charge in [-0.25, -0.2) is 9.78 Å². The molecule has 5 atom stereocenters. The lowest BCUT2D eigenvalue weighted by atomic mass is 10.0. The summed E-state index contributed by atoms with van der Waals surface area (Å²) in [6, 6.07) is 14.9. The van der Waals surface area contributed by atoms with Crippen molar-refractivity contribution in [3.8, 4) is 5.88 Å².